The molecule has 1 heterocycles. The van der Waals surface area contributed by atoms with Crippen molar-refractivity contribution in [3.63, 3.8) is 0 Å². The number of benzene rings is 1. The van der Waals surface area contributed by atoms with Gasteiger partial charge in [-0.3, -0.25) is 14.9 Å². The molecule has 6 nitrogen and oxygen atoms in total. The first-order chi connectivity index (χ1) is 10.6. The molecule has 8 heteroatoms. The zero-order valence-corrected chi connectivity index (χ0v) is 12.7. The van der Waals surface area contributed by atoms with Crippen LogP contribution in [0.25, 0.3) is 0 Å². The number of carbonyl (C=O) groups is 2. The number of hydrogen-bond acceptors (Lipinski definition) is 5. The summed E-state index contributed by atoms with van der Waals surface area (Å²) in [7, 11) is 0. The molecule has 0 bridgehead atoms. The summed E-state index contributed by atoms with van der Waals surface area (Å²) in [4.78, 5) is 23.4. The van der Waals surface area contributed by atoms with Gasteiger partial charge >= 0.3 is 11.8 Å². The normalized spacial score (nSPS) is 10.3. The lowest BCUT2D eigenvalue weighted by Gasteiger charge is -2.04. The Morgan fingerprint density at radius 3 is 2.59 bits per heavy atom. The smallest absolute Gasteiger partial charge is 0.315 e. The number of anilines is 1. The molecule has 0 radical (unpaired) electrons. The number of nitrogens with zero attached hydrogens (tertiary/aromatic N) is 2. The number of nitrogens with one attached hydrogen (secondary N) is 2. The van der Waals surface area contributed by atoms with E-state index in [-0.39, 0.29) is 12.4 Å². The van der Waals surface area contributed by atoms with Crippen molar-refractivity contribution in [1.29, 1.82) is 0 Å². The van der Waals surface area contributed by atoms with Gasteiger partial charge in [0.05, 0.1) is 0 Å². The highest BCUT2D eigenvalue weighted by molar-refractivity contribution is 7.15. The van der Waals surface area contributed by atoms with Crippen LogP contribution in [0.2, 0.25) is 0 Å². The van der Waals surface area contributed by atoms with E-state index in [0.717, 1.165) is 17.8 Å². The van der Waals surface area contributed by atoms with Crippen LogP contribution in [0.3, 0.4) is 0 Å². The first-order valence-electron chi connectivity index (χ1n) is 6.74. The minimum Gasteiger partial charge on any atom is -0.344 e. The number of halogens is 1. The fourth-order valence-corrected chi connectivity index (χ4v) is 2.47. The zero-order chi connectivity index (χ0) is 15.9. The standard InChI is InChI=1S/C14H15FN4O2S/c1-2-3-11-18-19-14(22-11)17-13(21)12(20)16-8-9-4-6-10(15)7-5-9/h4-7H,2-3,8H2,1H3,(H,16,20)(H,17,19,21). The zero-order valence-electron chi connectivity index (χ0n) is 11.9. The van der Waals surface area contributed by atoms with Gasteiger partial charge in [0.1, 0.15) is 10.8 Å². The molecule has 22 heavy (non-hydrogen) atoms. The molecule has 1 aromatic heterocycles. The summed E-state index contributed by atoms with van der Waals surface area (Å²) in [6.45, 7) is 2.16. The number of carbonyl (C=O) groups excluding carboxylic acids is 2. The van der Waals surface area contributed by atoms with Crippen molar-refractivity contribution >= 4 is 28.3 Å². The Kier molecular flexibility index (Phi) is 5.54. The minimum atomic E-state index is -0.804. The van der Waals surface area contributed by atoms with Crippen LogP contribution in [0.5, 0.6) is 0 Å². The van der Waals surface area contributed by atoms with Crippen LogP contribution < -0.4 is 10.6 Å². The van der Waals surface area contributed by atoms with Crippen molar-refractivity contribution < 1.29 is 14.0 Å². The van der Waals surface area contributed by atoms with Crippen molar-refractivity contribution in [2.24, 2.45) is 0 Å². The predicted molar refractivity (Wildman–Crippen MR) is 80.8 cm³/mol. The fourth-order valence-electron chi connectivity index (χ4n) is 1.64. The molecule has 2 amide bonds. The maximum absolute atomic E-state index is 12.7. The Hall–Kier alpha value is -2.35. The first kappa shape index (κ1) is 16.0. The van der Waals surface area contributed by atoms with Crippen LogP contribution in [0.15, 0.2) is 24.3 Å². The molecule has 2 N–H and O–H groups in total. The number of aryl methyl sites for hydroxylation is 1. The van der Waals surface area contributed by atoms with Gasteiger partial charge in [-0.1, -0.05) is 30.4 Å². The summed E-state index contributed by atoms with van der Waals surface area (Å²) in [5, 5.41) is 13.7. The second kappa shape index (κ2) is 7.60. The molecule has 0 aliphatic heterocycles. The van der Waals surface area contributed by atoms with Crippen LogP contribution in [-0.4, -0.2) is 22.0 Å². The molecule has 116 valence electrons. The van der Waals surface area contributed by atoms with Gasteiger partial charge in [0.15, 0.2) is 0 Å². The molecule has 0 atom stereocenters. The summed E-state index contributed by atoms with van der Waals surface area (Å²) in [5.41, 5.74) is 0.698. The summed E-state index contributed by atoms with van der Waals surface area (Å²) < 4.78 is 12.7. The summed E-state index contributed by atoms with van der Waals surface area (Å²) in [5.74, 6) is -1.94. The largest absolute Gasteiger partial charge is 0.344 e. The average molecular weight is 322 g/mol. The van der Waals surface area contributed by atoms with E-state index in [4.69, 9.17) is 0 Å². The van der Waals surface area contributed by atoms with Crippen LogP contribution in [0, 0.1) is 5.82 Å². The molecule has 2 aromatic rings. The maximum atomic E-state index is 12.7. The molecule has 0 aliphatic rings. The lowest BCUT2D eigenvalue weighted by molar-refractivity contribution is -0.136. The Morgan fingerprint density at radius 1 is 1.18 bits per heavy atom. The number of amides is 2. The number of rotatable bonds is 5. The molecular weight excluding hydrogens is 307 g/mol. The Labute approximate surface area is 130 Å². The fraction of sp³-hybridized carbons (Fsp3) is 0.286. The molecule has 0 aliphatic carbocycles. The van der Waals surface area contributed by atoms with Gasteiger partial charge in [0.25, 0.3) is 0 Å². The van der Waals surface area contributed by atoms with Crippen molar-refractivity contribution in [2.75, 3.05) is 5.32 Å². The molecule has 0 saturated heterocycles. The van der Waals surface area contributed by atoms with E-state index >= 15 is 0 Å². The van der Waals surface area contributed by atoms with Gasteiger partial charge in [0.2, 0.25) is 5.13 Å². The van der Waals surface area contributed by atoms with E-state index in [9.17, 15) is 14.0 Å². The number of aromatic nitrogens is 2. The van der Waals surface area contributed by atoms with E-state index in [1.54, 1.807) is 0 Å². The van der Waals surface area contributed by atoms with Gasteiger partial charge < -0.3 is 5.32 Å². The first-order valence-corrected chi connectivity index (χ1v) is 7.56. The summed E-state index contributed by atoms with van der Waals surface area (Å²) in [6, 6.07) is 5.65. The summed E-state index contributed by atoms with van der Waals surface area (Å²) >= 11 is 1.24. The molecule has 0 saturated carbocycles. The van der Waals surface area contributed by atoms with E-state index in [2.05, 4.69) is 20.8 Å². The quantitative estimate of drug-likeness (QED) is 0.823. The Bertz CT molecular complexity index is 657. The third kappa shape index (κ3) is 4.59. The number of hydrogen-bond donors (Lipinski definition) is 2. The van der Waals surface area contributed by atoms with E-state index in [0.29, 0.717) is 10.7 Å². The maximum Gasteiger partial charge on any atom is 0.315 e. The second-order valence-corrected chi connectivity index (χ2v) is 5.58. The molecule has 0 spiro atoms. The highest BCUT2D eigenvalue weighted by atomic mass is 32.1. The Morgan fingerprint density at radius 2 is 1.91 bits per heavy atom. The highest BCUT2D eigenvalue weighted by Gasteiger charge is 2.15. The molecule has 2 rings (SSSR count). The van der Waals surface area contributed by atoms with Crippen LogP contribution in [0.1, 0.15) is 23.9 Å². The van der Waals surface area contributed by atoms with Crippen LogP contribution in [0.4, 0.5) is 9.52 Å². The highest BCUT2D eigenvalue weighted by Crippen LogP contribution is 2.16. The van der Waals surface area contributed by atoms with Crippen LogP contribution in [-0.2, 0) is 22.6 Å². The Balaban J connectivity index is 1.83. The monoisotopic (exact) mass is 322 g/mol. The summed E-state index contributed by atoms with van der Waals surface area (Å²) in [6.07, 6.45) is 1.71. The van der Waals surface area contributed by atoms with Crippen molar-refractivity contribution in [2.45, 2.75) is 26.3 Å². The van der Waals surface area contributed by atoms with E-state index in [1.165, 1.54) is 35.6 Å². The lowest BCUT2D eigenvalue weighted by Crippen LogP contribution is -2.34. The van der Waals surface area contributed by atoms with E-state index < -0.39 is 11.8 Å². The minimum absolute atomic E-state index is 0.143. The van der Waals surface area contributed by atoms with Gasteiger partial charge in [0, 0.05) is 13.0 Å². The average Bonchev–Trinajstić information content (AvgIpc) is 2.94. The molecular formula is C14H15FN4O2S. The SMILES string of the molecule is CCCc1nnc(NC(=O)C(=O)NCc2ccc(F)cc2)s1. The molecule has 0 fully saturated rings. The topological polar surface area (TPSA) is 84.0 Å². The van der Waals surface area contributed by atoms with Gasteiger partial charge in [-0.05, 0) is 24.1 Å². The van der Waals surface area contributed by atoms with Crippen molar-refractivity contribution in [1.82, 2.24) is 15.5 Å². The van der Waals surface area contributed by atoms with Crippen LogP contribution >= 0.6 is 11.3 Å². The third-order valence-corrected chi connectivity index (χ3v) is 3.62. The lowest BCUT2D eigenvalue weighted by atomic mass is 10.2. The van der Waals surface area contributed by atoms with Gasteiger partial charge in [-0.25, -0.2) is 4.39 Å². The second-order valence-electron chi connectivity index (χ2n) is 4.51. The van der Waals surface area contributed by atoms with E-state index in [1.807, 2.05) is 6.92 Å². The predicted octanol–water partition coefficient (Wildman–Crippen LogP) is 1.88. The third-order valence-electron chi connectivity index (χ3n) is 2.72. The van der Waals surface area contributed by atoms with Crippen molar-refractivity contribution in [3.8, 4) is 0 Å². The van der Waals surface area contributed by atoms with Crippen molar-refractivity contribution in [3.05, 3.63) is 40.7 Å². The van der Waals surface area contributed by atoms with Gasteiger partial charge in [-0.15, -0.1) is 10.2 Å². The molecule has 1 aromatic carbocycles. The van der Waals surface area contributed by atoms with Gasteiger partial charge in [-0.2, -0.15) is 0 Å². The molecule has 0 unspecified atom stereocenters.